The van der Waals surface area contributed by atoms with Gasteiger partial charge in [0.25, 0.3) is 5.69 Å². The number of carbonyl (C=O) groups excluding carboxylic acids is 1. The van der Waals surface area contributed by atoms with Crippen molar-refractivity contribution in [2.45, 2.75) is 25.3 Å². The van der Waals surface area contributed by atoms with Crippen LogP contribution in [0.15, 0.2) is 36.9 Å². The highest BCUT2D eigenvalue weighted by Crippen LogP contribution is 2.13. The number of aliphatic carboxylic acids is 1. The molecule has 7 heteroatoms. The Morgan fingerprint density at radius 2 is 2.19 bits per heavy atom. The number of nitro groups is 1. The number of carboxylic acid groups (broad SMARTS) is 1. The third-order valence-corrected chi connectivity index (χ3v) is 2.78. The van der Waals surface area contributed by atoms with Gasteiger partial charge in [0, 0.05) is 12.1 Å². The average Bonchev–Trinajstić information content (AvgIpc) is 2.43. The molecule has 0 aliphatic heterocycles. The minimum absolute atomic E-state index is 0.109. The summed E-state index contributed by atoms with van der Waals surface area (Å²) >= 11 is 0. The van der Waals surface area contributed by atoms with Crippen LogP contribution in [0.3, 0.4) is 0 Å². The predicted molar refractivity (Wildman–Crippen MR) is 75.8 cm³/mol. The summed E-state index contributed by atoms with van der Waals surface area (Å²) in [5.41, 5.74) is 0.344. The van der Waals surface area contributed by atoms with Crippen molar-refractivity contribution in [3.8, 4) is 0 Å². The van der Waals surface area contributed by atoms with Crippen molar-refractivity contribution in [2.24, 2.45) is 0 Å². The van der Waals surface area contributed by atoms with E-state index in [1.807, 2.05) is 0 Å². The van der Waals surface area contributed by atoms with Gasteiger partial charge in [-0.25, -0.2) is 4.79 Å². The second kappa shape index (κ2) is 7.78. The second-order valence-electron chi connectivity index (χ2n) is 4.43. The third-order valence-electron chi connectivity index (χ3n) is 2.78. The van der Waals surface area contributed by atoms with Crippen molar-refractivity contribution in [2.75, 3.05) is 0 Å². The lowest BCUT2D eigenvalue weighted by atomic mass is 10.1. The summed E-state index contributed by atoms with van der Waals surface area (Å²) in [4.78, 5) is 32.9. The van der Waals surface area contributed by atoms with Gasteiger partial charge in [-0.05, 0) is 18.4 Å². The summed E-state index contributed by atoms with van der Waals surface area (Å²) in [6.45, 7) is 3.50. The number of hydrogen-bond donors (Lipinski definition) is 2. The maximum absolute atomic E-state index is 11.8. The van der Waals surface area contributed by atoms with Crippen LogP contribution in [0, 0.1) is 10.1 Å². The molecule has 2 N–H and O–H groups in total. The zero-order valence-electron chi connectivity index (χ0n) is 11.3. The van der Waals surface area contributed by atoms with Crippen LogP contribution in [0.1, 0.15) is 18.4 Å². The summed E-state index contributed by atoms with van der Waals surface area (Å²) in [7, 11) is 0. The van der Waals surface area contributed by atoms with E-state index < -0.39 is 22.8 Å². The van der Waals surface area contributed by atoms with E-state index in [-0.39, 0.29) is 18.5 Å². The molecule has 1 atom stereocenters. The molecule has 0 saturated carbocycles. The lowest BCUT2D eigenvalue weighted by Gasteiger charge is -2.13. The van der Waals surface area contributed by atoms with E-state index in [9.17, 15) is 19.7 Å². The number of non-ortho nitro benzene ring substituents is 1. The zero-order valence-corrected chi connectivity index (χ0v) is 11.3. The zero-order chi connectivity index (χ0) is 15.8. The van der Waals surface area contributed by atoms with Crippen molar-refractivity contribution >= 4 is 17.6 Å². The monoisotopic (exact) mass is 292 g/mol. The molecular weight excluding hydrogens is 276 g/mol. The first kappa shape index (κ1) is 16.4. The van der Waals surface area contributed by atoms with Gasteiger partial charge in [0.1, 0.15) is 6.04 Å². The van der Waals surface area contributed by atoms with E-state index in [2.05, 4.69) is 11.9 Å². The molecule has 0 aliphatic carbocycles. The van der Waals surface area contributed by atoms with Crippen LogP contribution in [0.25, 0.3) is 0 Å². The normalized spacial score (nSPS) is 11.4. The van der Waals surface area contributed by atoms with E-state index in [0.29, 0.717) is 12.0 Å². The Balaban J connectivity index is 2.67. The molecule has 1 rings (SSSR count). The van der Waals surface area contributed by atoms with E-state index in [1.165, 1.54) is 18.2 Å². The average molecular weight is 292 g/mol. The van der Waals surface area contributed by atoms with Crippen LogP contribution in [-0.4, -0.2) is 27.9 Å². The van der Waals surface area contributed by atoms with Crippen molar-refractivity contribution in [1.82, 2.24) is 5.32 Å². The molecule has 21 heavy (non-hydrogen) atoms. The fraction of sp³-hybridized carbons (Fsp3) is 0.286. The Morgan fingerprint density at radius 1 is 1.48 bits per heavy atom. The van der Waals surface area contributed by atoms with E-state index in [1.54, 1.807) is 12.1 Å². The quantitative estimate of drug-likeness (QED) is 0.430. The number of nitrogens with zero attached hydrogens (tertiary/aromatic N) is 1. The number of nitro benzene ring substituents is 1. The summed E-state index contributed by atoms with van der Waals surface area (Å²) in [5.74, 6) is -1.61. The number of amides is 1. The first-order valence-corrected chi connectivity index (χ1v) is 6.30. The lowest BCUT2D eigenvalue weighted by Crippen LogP contribution is -2.41. The van der Waals surface area contributed by atoms with Crippen LogP contribution < -0.4 is 5.32 Å². The molecule has 112 valence electrons. The fourth-order valence-corrected chi connectivity index (χ4v) is 1.75. The molecule has 0 radical (unpaired) electrons. The first-order chi connectivity index (χ1) is 9.93. The number of rotatable bonds is 8. The summed E-state index contributed by atoms with van der Waals surface area (Å²) in [6.07, 6.45) is 2.18. The number of carboxylic acids is 1. The van der Waals surface area contributed by atoms with Gasteiger partial charge in [0.15, 0.2) is 0 Å². The van der Waals surface area contributed by atoms with Crippen LogP contribution >= 0.6 is 0 Å². The molecule has 1 aromatic carbocycles. The molecule has 0 fully saturated rings. The topological polar surface area (TPSA) is 110 Å². The highest BCUT2D eigenvalue weighted by atomic mass is 16.6. The number of carbonyl (C=O) groups is 2. The molecule has 0 aliphatic rings. The van der Waals surface area contributed by atoms with E-state index in [4.69, 9.17) is 5.11 Å². The van der Waals surface area contributed by atoms with Gasteiger partial charge in [-0.1, -0.05) is 18.2 Å². The number of benzene rings is 1. The van der Waals surface area contributed by atoms with Crippen molar-refractivity contribution < 1.29 is 19.6 Å². The Morgan fingerprint density at radius 3 is 2.76 bits per heavy atom. The van der Waals surface area contributed by atoms with Crippen LogP contribution in [0.2, 0.25) is 0 Å². The second-order valence-corrected chi connectivity index (χ2v) is 4.43. The summed E-state index contributed by atoms with van der Waals surface area (Å²) in [5, 5.41) is 22.0. The van der Waals surface area contributed by atoms with Crippen molar-refractivity contribution in [3.05, 3.63) is 52.6 Å². The molecule has 1 amide bonds. The molecule has 0 bridgehead atoms. The lowest BCUT2D eigenvalue weighted by molar-refractivity contribution is -0.384. The SMILES string of the molecule is C=CCCC(NC(=O)Cc1cccc([N+](=O)[O-])c1)C(=O)O. The number of allylic oxidation sites excluding steroid dienone is 1. The van der Waals surface area contributed by atoms with Gasteiger partial charge in [0.2, 0.25) is 5.91 Å². The van der Waals surface area contributed by atoms with Crippen LogP contribution in [-0.2, 0) is 16.0 Å². The van der Waals surface area contributed by atoms with Crippen molar-refractivity contribution in [3.63, 3.8) is 0 Å². The molecule has 1 unspecified atom stereocenters. The molecular formula is C14H16N2O5. The molecule has 1 aromatic rings. The molecule has 0 spiro atoms. The Hall–Kier alpha value is -2.70. The van der Waals surface area contributed by atoms with Gasteiger partial charge in [-0.3, -0.25) is 14.9 Å². The van der Waals surface area contributed by atoms with Gasteiger partial charge < -0.3 is 10.4 Å². The van der Waals surface area contributed by atoms with E-state index >= 15 is 0 Å². The Kier molecular flexibility index (Phi) is 6.06. The highest BCUT2D eigenvalue weighted by molar-refractivity contribution is 5.84. The maximum atomic E-state index is 11.8. The molecule has 7 nitrogen and oxygen atoms in total. The minimum atomic E-state index is -1.12. The Labute approximate surface area is 121 Å². The smallest absolute Gasteiger partial charge is 0.326 e. The highest BCUT2D eigenvalue weighted by Gasteiger charge is 2.19. The van der Waals surface area contributed by atoms with Crippen LogP contribution in [0.4, 0.5) is 5.69 Å². The minimum Gasteiger partial charge on any atom is -0.480 e. The van der Waals surface area contributed by atoms with Gasteiger partial charge in [-0.15, -0.1) is 6.58 Å². The standard InChI is InChI=1S/C14H16N2O5/c1-2-3-7-12(14(18)19)15-13(17)9-10-5-4-6-11(8-10)16(20)21/h2,4-6,8,12H,1,3,7,9H2,(H,15,17)(H,18,19). The van der Waals surface area contributed by atoms with E-state index in [0.717, 1.165) is 0 Å². The Bertz CT molecular complexity index is 556. The molecule has 0 saturated heterocycles. The van der Waals surface area contributed by atoms with Gasteiger partial charge in [0.05, 0.1) is 11.3 Å². The summed E-state index contributed by atoms with van der Waals surface area (Å²) < 4.78 is 0. The predicted octanol–water partition coefficient (Wildman–Crippen LogP) is 1.67. The number of nitrogens with one attached hydrogen (secondary N) is 1. The summed E-state index contributed by atoms with van der Waals surface area (Å²) in [6, 6.07) is 4.68. The number of hydrogen-bond acceptors (Lipinski definition) is 4. The van der Waals surface area contributed by atoms with Gasteiger partial charge >= 0.3 is 5.97 Å². The fourth-order valence-electron chi connectivity index (χ4n) is 1.75. The van der Waals surface area contributed by atoms with Crippen LogP contribution in [0.5, 0.6) is 0 Å². The largest absolute Gasteiger partial charge is 0.480 e. The maximum Gasteiger partial charge on any atom is 0.326 e. The van der Waals surface area contributed by atoms with Gasteiger partial charge in [-0.2, -0.15) is 0 Å². The molecule has 0 aromatic heterocycles. The molecule has 0 heterocycles. The van der Waals surface area contributed by atoms with Crippen molar-refractivity contribution in [1.29, 1.82) is 0 Å². The first-order valence-electron chi connectivity index (χ1n) is 6.30. The third kappa shape index (κ3) is 5.43.